The maximum atomic E-state index is 12.9. The van der Waals surface area contributed by atoms with Crippen LogP contribution in [0.1, 0.15) is 22.8 Å². The fraction of sp³-hybridized carbons (Fsp3) is 0.286. The standard InChI is InChI=1S/C21H24FN3O5/c1-3-23-20(27)13-30-17-9-4-14(10-18(17)29-2)11-24-19(26)12-25-21(28)15-5-7-16(22)8-6-15/h4-10H,3,11-13H2,1-2H3,(H,23,27)(H,24,26)(H,25,28). The molecular weight excluding hydrogens is 393 g/mol. The molecule has 30 heavy (non-hydrogen) atoms. The number of carbonyl (C=O) groups excluding carboxylic acids is 3. The van der Waals surface area contributed by atoms with E-state index >= 15 is 0 Å². The molecule has 0 saturated heterocycles. The predicted octanol–water partition coefficient (Wildman–Crippen LogP) is 1.40. The first-order valence-electron chi connectivity index (χ1n) is 9.29. The second-order valence-corrected chi connectivity index (χ2v) is 6.19. The number of methoxy groups -OCH3 is 1. The number of ether oxygens (including phenoxy) is 2. The van der Waals surface area contributed by atoms with Crippen molar-refractivity contribution in [1.82, 2.24) is 16.0 Å². The van der Waals surface area contributed by atoms with Gasteiger partial charge in [0.1, 0.15) is 5.82 Å². The number of benzene rings is 2. The zero-order valence-corrected chi connectivity index (χ0v) is 16.8. The van der Waals surface area contributed by atoms with E-state index in [1.165, 1.54) is 31.4 Å². The number of hydrogen-bond donors (Lipinski definition) is 3. The maximum absolute atomic E-state index is 12.9. The van der Waals surface area contributed by atoms with Crippen molar-refractivity contribution >= 4 is 17.7 Å². The summed E-state index contributed by atoms with van der Waals surface area (Å²) in [6, 6.07) is 10.1. The lowest BCUT2D eigenvalue weighted by molar-refractivity contribution is -0.123. The van der Waals surface area contributed by atoms with Crippen molar-refractivity contribution in [3.63, 3.8) is 0 Å². The molecule has 9 heteroatoms. The molecule has 0 bridgehead atoms. The molecule has 2 aromatic rings. The molecule has 2 rings (SSSR count). The Bertz CT molecular complexity index is 887. The minimum atomic E-state index is -0.472. The fourth-order valence-corrected chi connectivity index (χ4v) is 2.46. The normalized spacial score (nSPS) is 10.1. The van der Waals surface area contributed by atoms with Crippen LogP contribution in [0.25, 0.3) is 0 Å². The summed E-state index contributed by atoms with van der Waals surface area (Å²) in [5.74, 6) is -0.707. The van der Waals surface area contributed by atoms with Gasteiger partial charge in [-0.2, -0.15) is 0 Å². The van der Waals surface area contributed by atoms with E-state index in [0.29, 0.717) is 18.0 Å². The smallest absolute Gasteiger partial charge is 0.257 e. The molecule has 0 heterocycles. The van der Waals surface area contributed by atoms with Gasteiger partial charge in [-0.1, -0.05) is 6.07 Å². The summed E-state index contributed by atoms with van der Waals surface area (Å²) in [5.41, 5.74) is 1.01. The monoisotopic (exact) mass is 417 g/mol. The molecule has 0 aliphatic rings. The summed E-state index contributed by atoms with van der Waals surface area (Å²) < 4.78 is 23.6. The molecule has 160 valence electrons. The number of amides is 3. The molecule has 0 saturated carbocycles. The predicted molar refractivity (Wildman–Crippen MR) is 108 cm³/mol. The van der Waals surface area contributed by atoms with Gasteiger partial charge in [-0.3, -0.25) is 14.4 Å². The zero-order valence-electron chi connectivity index (χ0n) is 16.8. The van der Waals surface area contributed by atoms with Crippen LogP contribution in [-0.4, -0.2) is 44.5 Å². The second-order valence-electron chi connectivity index (χ2n) is 6.19. The molecule has 0 radical (unpaired) electrons. The van der Waals surface area contributed by atoms with Crippen molar-refractivity contribution in [2.75, 3.05) is 26.8 Å². The van der Waals surface area contributed by atoms with Gasteiger partial charge < -0.3 is 25.4 Å². The van der Waals surface area contributed by atoms with Crippen molar-refractivity contribution in [2.24, 2.45) is 0 Å². The van der Waals surface area contributed by atoms with Gasteiger partial charge in [0.15, 0.2) is 18.1 Å². The molecule has 2 aromatic carbocycles. The zero-order chi connectivity index (χ0) is 21.9. The highest BCUT2D eigenvalue weighted by Crippen LogP contribution is 2.28. The van der Waals surface area contributed by atoms with Gasteiger partial charge in [0.2, 0.25) is 5.91 Å². The summed E-state index contributed by atoms with van der Waals surface area (Å²) in [6.45, 7) is 2.19. The van der Waals surface area contributed by atoms with Crippen molar-refractivity contribution < 1.29 is 28.2 Å². The van der Waals surface area contributed by atoms with Crippen LogP contribution in [0.2, 0.25) is 0 Å². The Hall–Kier alpha value is -3.62. The van der Waals surface area contributed by atoms with Crippen molar-refractivity contribution in [1.29, 1.82) is 0 Å². The van der Waals surface area contributed by atoms with Gasteiger partial charge in [-0.25, -0.2) is 4.39 Å². The number of carbonyl (C=O) groups is 3. The Morgan fingerprint density at radius 3 is 2.33 bits per heavy atom. The molecule has 0 unspecified atom stereocenters. The topological polar surface area (TPSA) is 106 Å². The van der Waals surface area contributed by atoms with Gasteiger partial charge in [0.05, 0.1) is 13.7 Å². The summed E-state index contributed by atoms with van der Waals surface area (Å²) >= 11 is 0. The van der Waals surface area contributed by atoms with Crippen LogP contribution >= 0.6 is 0 Å². The molecule has 3 amide bonds. The highest BCUT2D eigenvalue weighted by Gasteiger charge is 2.11. The first-order valence-corrected chi connectivity index (χ1v) is 9.29. The fourth-order valence-electron chi connectivity index (χ4n) is 2.46. The highest BCUT2D eigenvalue weighted by atomic mass is 19.1. The van der Waals surface area contributed by atoms with Gasteiger partial charge in [-0.05, 0) is 48.9 Å². The van der Waals surface area contributed by atoms with Crippen LogP contribution in [0, 0.1) is 5.82 Å². The third-order valence-electron chi connectivity index (χ3n) is 3.97. The third kappa shape index (κ3) is 7.08. The first kappa shape index (κ1) is 22.7. The Balaban J connectivity index is 1.82. The van der Waals surface area contributed by atoms with E-state index in [2.05, 4.69) is 16.0 Å². The number of halogens is 1. The van der Waals surface area contributed by atoms with Gasteiger partial charge in [0, 0.05) is 18.7 Å². The molecule has 0 fully saturated rings. The summed E-state index contributed by atoms with van der Waals surface area (Å²) in [6.07, 6.45) is 0. The molecule has 0 aliphatic carbocycles. The van der Waals surface area contributed by atoms with E-state index in [-0.39, 0.29) is 37.1 Å². The Morgan fingerprint density at radius 2 is 1.67 bits per heavy atom. The maximum Gasteiger partial charge on any atom is 0.257 e. The quantitative estimate of drug-likeness (QED) is 0.542. The lowest BCUT2D eigenvalue weighted by Crippen LogP contribution is -2.36. The molecule has 0 aromatic heterocycles. The minimum Gasteiger partial charge on any atom is -0.493 e. The van der Waals surface area contributed by atoms with Gasteiger partial charge >= 0.3 is 0 Å². The first-order chi connectivity index (χ1) is 14.4. The van der Waals surface area contributed by atoms with Crippen LogP contribution in [0.5, 0.6) is 11.5 Å². The van der Waals surface area contributed by atoms with Crippen molar-refractivity contribution in [3.8, 4) is 11.5 Å². The molecule has 3 N–H and O–H groups in total. The minimum absolute atomic E-state index is 0.131. The number of hydrogen-bond acceptors (Lipinski definition) is 5. The molecule has 0 aliphatic heterocycles. The lowest BCUT2D eigenvalue weighted by atomic mass is 10.2. The van der Waals surface area contributed by atoms with E-state index in [0.717, 1.165) is 5.56 Å². The van der Waals surface area contributed by atoms with Crippen LogP contribution < -0.4 is 25.4 Å². The van der Waals surface area contributed by atoms with E-state index in [9.17, 15) is 18.8 Å². The number of rotatable bonds is 10. The van der Waals surface area contributed by atoms with Crippen molar-refractivity contribution in [2.45, 2.75) is 13.5 Å². The molecular formula is C21H24FN3O5. The molecule has 0 atom stereocenters. The highest BCUT2D eigenvalue weighted by molar-refractivity contribution is 5.96. The Labute approximate surface area is 173 Å². The summed E-state index contributed by atoms with van der Waals surface area (Å²) in [4.78, 5) is 35.4. The van der Waals surface area contributed by atoms with E-state index < -0.39 is 11.7 Å². The number of likely N-dealkylation sites (N-methyl/N-ethyl adjacent to an activating group) is 1. The largest absolute Gasteiger partial charge is 0.493 e. The molecule has 0 spiro atoms. The van der Waals surface area contributed by atoms with Gasteiger partial charge in [0.25, 0.3) is 11.8 Å². The van der Waals surface area contributed by atoms with E-state index in [1.807, 2.05) is 6.92 Å². The average molecular weight is 417 g/mol. The molecule has 8 nitrogen and oxygen atoms in total. The number of nitrogens with one attached hydrogen (secondary N) is 3. The summed E-state index contributed by atoms with van der Waals surface area (Å²) in [7, 11) is 1.47. The van der Waals surface area contributed by atoms with Crippen LogP contribution in [0.15, 0.2) is 42.5 Å². The Morgan fingerprint density at radius 1 is 0.933 bits per heavy atom. The van der Waals surface area contributed by atoms with Gasteiger partial charge in [-0.15, -0.1) is 0 Å². The van der Waals surface area contributed by atoms with E-state index in [1.54, 1.807) is 18.2 Å². The third-order valence-corrected chi connectivity index (χ3v) is 3.97. The van der Waals surface area contributed by atoms with Crippen LogP contribution in [0.4, 0.5) is 4.39 Å². The van der Waals surface area contributed by atoms with Crippen LogP contribution in [-0.2, 0) is 16.1 Å². The Kier molecular flexibility index (Phi) is 8.61. The summed E-state index contributed by atoms with van der Waals surface area (Å²) in [5, 5.41) is 7.78. The van der Waals surface area contributed by atoms with Crippen molar-refractivity contribution in [3.05, 3.63) is 59.4 Å². The average Bonchev–Trinajstić information content (AvgIpc) is 2.75. The second kappa shape index (κ2) is 11.4. The van der Waals surface area contributed by atoms with Crippen LogP contribution in [0.3, 0.4) is 0 Å². The lowest BCUT2D eigenvalue weighted by Gasteiger charge is -2.12. The van der Waals surface area contributed by atoms with E-state index in [4.69, 9.17) is 9.47 Å². The SMILES string of the molecule is CCNC(=O)COc1ccc(CNC(=O)CNC(=O)c2ccc(F)cc2)cc1OC.